The van der Waals surface area contributed by atoms with Crippen LogP contribution < -0.4 is 10.6 Å². The Balaban J connectivity index is 0.00000242. The molecule has 0 saturated carbocycles. The summed E-state index contributed by atoms with van der Waals surface area (Å²) in [6, 6.07) is 8.97. The van der Waals surface area contributed by atoms with Gasteiger partial charge in [-0.25, -0.2) is 0 Å². The molecule has 2 rings (SSSR count). The van der Waals surface area contributed by atoms with Gasteiger partial charge < -0.3 is 10.6 Å². The molecule has 1 amide bonds. The van der Waals surface area contributed by atoms with E-state index in [1.54, 1.807) is 0 Å². The Kier molecular flexibility index (Phi) is 7.37. The fourth-order valence-electron chi connectivity index (χ4n) is 2.70. The summed E-state index contributed by atoms with van der Waals surface area (Å²) in [6.45, 7) is 8.63. The van der Waals surface area contributed by atoms with Gasteiger partial charge in [0.05, 0.1) is 0 Å². The second kappa shape index (κ2) is 8.54. The van der Waals surface area contributed by atoms with Crippen LogP contribution in [0.4, 0.5) is 0 Å². The summed E-state index contributed by atoms with van der Waals surface area (Å²) in [5.41, 5.74) is 2.76. The molecule has 1 aliphatic rings. The van der Waals surface area contributed by atoms with E-state index in [4.69, 9.17) is 0 Å². The zero-order valence-corrected chi connectivity index (χ0v) is 14.8. The third-order valence-corrected chi connectivity index (χ3v) is 4.12. The lowest BCUT2D eigenvalue weighted by Crippen LogP contribution is -2.45. The zero-order chi connectivity index (χ0) is 15.3. The molecule has 3 nitrogen and oxygen atoms in total. The monoisotopic (exact) mass is 324 g/mol. The number of piperidine rings is 1. The summed E-state index contributed by atoms with van der Waals surface area (Å²) in [4.78, 5) is 12.0. The number of hydrogen-bond donors (Lipinski definition) is 2. The lowest BCUT2D eigenvalue weighted by Gasteiger charge is -2.23. The maximum absolute atomic E-state index is 12.0. The summed E-state index contributed by atoms with van der Waals surface area (Å²) in [5.74, 6) is 0.170. The number of amides is 1. The number of hydrogen-bond acceptors (Lipinski definition) is 2. The molecule has 0 aliphatic carbocycles. The zero-order valence-electron chi connectivity index (χ0n) is 13.9. The van der Waals surface area contributed by atoms with Gasteiger partial charge in [-0.15, -0.1) is 12.4 Å². The Labute approximate surface area is 140 Å². The fraction of sp³-hybridized carbons (Fsp3) is 0.611. The van der Waals surface area contributed by atoms with E-state index < -0.39 is 0 Å². The molecule has 1 atom stereocenters. The van der Waals surface area contributed by atoms with Crippen molar-refractivity contribution in [3.05, 3.63) is 35.4 Å². The van der Waals surface area contributed by atoms with E-state index in [1.807, 2.05) is 0 Å². The Bertz CT molecular complexity index is 459. The second-order valence-electron chi connectivity index (χ2n) is 7.06. The summed E-state index contributed by atoms with van der Waals surface area (Å²) in [5, 5.41) is 6.44. The average Bonchev–Trinajstić information content (AvgIpc) is 2.46. The second-order valence-corrected chi connectivity index (χ2v) is 7.06. The predicted octanol–water partition coefficient (Wildman–Crippen LogP) is 3.21. The van der Waals surface area contributed by atoms with Gasteiger partial charge in [-0.05, 0) is 42.3 Å². The molecule has 1 aromatic carbocycles. The predicted molar refractivity (Wildman–Crippen MR) is 94.7 cm³/mol. The Morgan fingerprint density at radius 1 is 1.27 bits per heavy atom. The molecule has 124 valence electrons. The molecule has 1 unspecified atom stereocenters. The van der Waals surface area contributed by atoms with E-state index in [2.05, 4.69) is 55.7 Å². The molecule has 1 heterocycles. The van der Waals surface area contributed by atoms with Gasteiger partial charge in [-0.3, -0.25) is 4.79 Å². The summed E-state index contributed by atoms with van der Waals surface area (Å²) >= 11 is 0. The SMILES string of the molecule is CC(C)(C)c1ccc(CCC(=O)NC2CCCNC2)cc1.Cl. The smallest absolute Gasteiger partial charge is 0.220 e. The Hall–Kier alpha value is -1.06. The number of carbonyl (C=O) groups is 1. The molecule has 1 aliphatic heterocycles. The van der Waals surface area contributed by atoms with Gasteiger partial charge in [0.25, 0.3) is 0 Å². The van der Waals surface area contributed by atoms with Gasteiger partial charge in [0.1, 0.15) is 0 Å². The lowest BCUT2D eigenvalue weighted by atomic mass is 9.86. The van der Waals surface area contributed by atoms with Crippen molar-refractivity contribution in [2.24, 2.45) is 0 Å². The van der Waals surface area contributed by atoms with Crippen LogP contribution in [0.3, 0.4) is 0 Å². The highest BCUT2D eigenvalue weighted by Crippen LogP contribution is 2.22. The van der Waals surface area contributed by atoms with E-state index in [0.29, 0.717) is 12.5 Å². The van der Waals surface area contributed by atoms with Crippen LogP contribution in [0.25, 0.3) is 0 Å². The van der Waals surface area contributed by atoms with E-state index in [9.17, 15) is 4.79 Å². The maximum atomic E-state index is 12.0. The first-order valence-corrected chi connectivity index (χ1v) is 8.04. The van der Waals surface area contributed by atoms with Crippen LogP contribution in [0.2, 0.25) is 0 Å². The molecule has 22 heavy (non-hydrogen) atoms. The molecule has 4 heteroatoms. The quantitative estimate of drug-likeness (QED) is 0.893. The molecular weight excluding hydrogens is 296 g/mol. The molecule has 2 N–H and O–H groups in total. The highest BCUT2D eigenvalue weighted by molar-refractivity contribution is 5.85. The van der Waals surface area contributed by atoms with E-state index in [-0.39, 0.29) is 23.7 Å². The number of rotatable bonds is 4. The highest BCUT2D eigenvalue weighted by Gasteiger charge is 2.15. The van der Waals surface area contributed by atoms with Crippen molar-refractivity contribution in [3.63, 3.8) is 0 Å². The van der Waals surface area contributed by atoms with Crippen molar-refractivity contribution in [1.29, 1.82) is 0 Å². The van der Waals surface area contributed by atoms with Crippen molar-refractivity contribution < 1.29 is 4.79 Å². The number of benzene rings is 1. The van der Waals surface area contributed by atoms with Crippen LogP contribution >= 0.6 is 12.4 Å². The minimum atomic E-state index is 0. The first-order valence-electron chi connectivity index (χ1n) is 8.04. The van der Waals surface area contributed by atoms with Crippen LogP contribution in [-0.4, -0.2) is 25.0 Å². The van der Waals surface area contributed by atoms with Crippen molar-refractivity contribution in [2.75, 3.05) is 13.1 Å². The number of nitrogens with one attached hydrogen (secondary N) is 2. The molecule has 1 aromatic rings. The molecule has 0 aromatic heterocycles. The third-order valence-electron chi connectivity index (χ3n) is 4.12. The minimum absolute atomic E-state index is 0. The number of aryl methyl sites for hydroxylation is 1. The van der Waals surface area contributed by atoms with Gasteiger partial charge in [-0.1, -0.05) is 45.0 Å². The Morgan fingerprint density at radius 3 is 2.50 bits per heavy atom. The summed E-state index contributed by atoms with van der Waals surface area (Å²) in [7, 11) is 0. The minimum Gasteiger partial charge on any atom is -0.352 e. The fourth-order valence-corrected chi connectivity index (χ4v) is 2.70. The van der Waals surface area contributed by atoms with E-state index in [0.717, 1.165) is 32.4 Å². The normalized spacial score (nSPS) is 18.4. The summed E-state index contributed by atoms with van der Waals surface area (Å²) < 4.78 is 0. The first kappa shape index (κ1) is 19.0. The maximum Gasteiger partial charge on any atom is 0.220 e. The third kappa shape index (κ3) is 5.98. The molecule has 1 saturated heterocycles. The van der Waals surface area contributed by atoms with Crippen molar-refractivity contribution in [3.8, 4) is 0 Å². The molecule has 1 fully saturated rings. The average molecular weight is 325 g/mol. The van der Waals surface area contributed by atoms with Crippen molar-refractivity contribution >= 4 is 18.3 Å². The number of halogens is 1. The lowest BCUT2D eigenvalue weighted by molar-refractivity contribution is -0.121. The molecular formula is C18H29ClN2O. The van der Waals surface area contributed by atoms with E-state index in [1.165, 1.54) is 11.1 Å². The molecule has 0 bridgehead atoms. The van der Waals surface area contributed by atoms with Crippen LogP contribution in [-0.2, 0) is 16.6 Å². The van der Waals surface area contributed by atoms with Gasteiger partial charge >= 0.3 is 0 Å². The first-order chi connectivity index (χ1) is 9.95. The van der Waals surface area contributed by atoms with Crippen LogP contribution in [0, 0.1) is 0 Å². The Morgan fingerprint density at radius 2 is 1.95 bits per heavy atom. The topological polar surface area (TPSA) is 41.1 Å². The largest absolute Gasteiger partial charge is 0.352 e. The van der Waals surface area contributed by atoms with E-state index >= 15 is 0 Å². The van der Waals surface area contributed by atoms with Crippen molar-refractivity contribution in [2.45, 2.75) is 57.9 Å². The van der Waals surface area contributed by atoms with Gasteiger partial charge in [0.2, 0.25) is 5.91 Å². The standard InChI is InChI=1S/C18H28N2O.ClH/c1-18(2,3)15-9-6-14(7-10-15)8-11-17(21)20-16-5-4-12-19-13-16;/h6-7,9-10,16,19H,4-5,8,11-13H2,1-3H3,(H,20,21);1H. The number of carbonyl (C=O) groups excluding carboxylic acids is 1. The van der Waals surface area contributed by atoms with Gasteiger partial charge in [0, 0.05) is 19.0 Å². The summed E-state index contributed by atoms with van der Waals surface area (Å²) in [6.07, 6.45) is 3.64. The van der Waals surface area contributed by atoms with Crippen LogP contribution in [0.5, 0.6) is 0 Å². The molecule has 0 spiro atoms. The van der Waals surface area contributed by atoms with Gasteiger partial charge in [0.15, 0.2) is 0 Å². The van der Waals surface area contributed by atoms with Gasteiger partial charge in [-0.2, -0.15) is 0 Å². The van der Waals surface area contributed by atoms with Crippen molar-refractivity contribution in [1.82, 2.24) is 10.6 Å². The van der Waals surface area contributed by atoms with Crippen LogP contribution in [0.15, 0.2) is 24.3 Å². The highest BCUT2D eigenvalue weighted by atomic mass is 35.5. The van der Waals surface area contributed by atoms with Crippen LogP contribution in [0.1, 0.15) is 51.2 Å². The molecule has 0 radical (unpaired) electrons.